The van der Waals surface area contributed by atoms with Crippen molar-refractivity contribution in [2.24, 2.45) is 0 Å². The highest BCUT2D eigenvalue weighted by Crippen LogP contribution is 2.51. The van der Waals surface area contributed by atoms with E-state index in [1.165, 1.54) is 76.5 Å². The molecule has 6 aromatic carbocycles. The lowest BCUT2D eigenvalue weighted by molar-refractivity contribution is 0.351. The Morgan fingerprint density at radius 3 is 1.57 bits per heavy atom. The van der Waals surface area contributed by atoms with E-state index in [0.29, 0.717) is 0 Å². The van der Waals surface area contributed by atoms with Gasteiger partial charge in [0.25, 0.3) is 0 Å². The highest BCUT2D eigenvalue weighted by atomic mass is 15.3. The normalized spacial score (nSPS) is 21.0. The third kappa shape index (κ3) is 3.63. The van der Waals surface area contributed by atoms with Crippen molar-refractivity contribution in [1.29, 1.82) is 0 Å². The molecule has 5 heteroatoms. The third-order valence-electron chi connectivity index (χ3n) is 11.6. The molecule has 2 N–H and O–H groups in total. The summed E-state index contributed by atoms with van der Waals surface area (Å²) < 4.78 is 7.81. The maximum absolute atomic E-state index is 4.04. The van der Waals surface area contributed by atoms with Crippen LogP contribution in [-0.4, -0.2) is 13.7 Å². The Hall–Kier alpha value is -6.30. The van der Waals surface area contributed by atoms with Crippen molar-refractivity contribution < 1.29 is 0 Å². The van der Waals surface area contributed by atoms with Crippen LogP contribution < -0.4 is 10.6 Å². The van der Waals surface area contributed by atoms with Crippen LogP contribution in [0.25, 0.3) is 71.1 Å². The van der Waals surface area contributed by atoms with Gasteiger partial charge in [0.1, 0.15) is 0 Å². The fourth-order valence-electron chi connectivity index (χ4n) is 9.55. The molecule has 3 aromatic heterocycles. The van der Waals surface area contributed by atoms with Crippen molar-refractivity contribution in [3.05, 3.63) is 175 Å². The molecule has 1 aliphatic carbocycles. The molecule has 2 aliphatic heterocycles. The molecule has 0 radical (unpaired) electrons. The first-order valence-electron chi connectivity index (χ1n) is 17.9. The lowest BCUT2D eigenvalue weighted by Crippen LogP contribution is -2.43. The summed E-state index contributed by atoms with van der Waals surface area (Å²) in [6.45, 7) is 0. The van der Waals surface area contributed by atoms with E-state index in [1.807, 2.05) is 0 Å². The molecule has 0 saturated carbocycles. The van der Waals surface area contributed by atoms with Crippen LogP contribution in [0.3, 0.4) is 0 Å². The number of aromatic nitrogens is 3. The molecular formula is C46H33N5. The van der Waals surface area contributed by atoms with Gasteiger partial charge in [0, 0.05) is 49.0 Å². The maximum atomic E-state index is 4.04. The summed E-state index contributed by atoms with van der Waals surface area (Å²) in [5.41, 5.74) is 11.1. The van der Waals surface area contributed by atoms with Gasteiger partial charge in [-0.15, -0.1) is 0 Å². The zero-order chi connectivity index (χ0) is 33.2. The molecule has 0 spiro atoms. The van der Waals surface area contributed by atoms with Crippen molar-refractivity contribution in [2.45, 2.75) is 24.4 Å². The van der Waals surface area contributed by atoms with Crippen LogP contribution >= 0.6 is 0 Å². The first-order chi connectivity index (χ1) is 25.3. The van der Waals surface area contributed by atoms with E-state index in [2.05, 4.69) is 188 Å². The van der Waals surface area contributed by atoms with E-state index in [-0.39, 0.29) is 24.4 Å². The van der Waals surface area contributed by atoms with Gasteiger partial charge in [-0.3, -0.25) is 5.32 Å². The van der Waals surface area contributed by atoms with E-state index in [0.717, 1.165) is 5.70 Å². The zero-order valence-corrected chi connectivity index (χ0v) is 27.7. The number of benzene rings is 6. The Balaban J connectivity index is 1.25. The van der Waals surface area contributed by atoms with Crippen LogP contribution in [0.4, 0.5) is 0 Å². The van der Waals surface area contributed by atoms with E-state index >= 15 is 0 Å². The molecule has 51 heavy (non-hydrogen) atoms. The van der Waals surface area contributed by atoms with Gasteiger partial charge in [0.05, 0.1) is 40.2 Å². The van der Waals surface area contributed by atoms with Crippen LogP contribution in [0, 0.1) is 0 Å². The number of rotatable bonds is 3. The molecular weight excluding hydrogens is 623 g/mol. The molecule has 5 heterocycles. The van der Waals surface area contributed by atoms with Crippen LogP contribution in [0.15, 0.2) is 164 Å². The minimum atomic E-state index is -0.219. The zero-order valence-electron chi connectivity index (χ0n) is 27.7. The second-order valence-corrected chi connectivity index (χ2v) is 14.2. The molecule has 9 aromatic rings. The second-order valence-electron chi connectivity index (χ2n) is 14.2. The summed E-state index contributed by atoms with van der Waals surface area (Å²) >= 11 is 0. The molecule has 5 nitrogen and oxygen atoms in total. The standard InChI is InChI=1S/C46H33N5/c1-3-13-28(14-4-1)34-27-35(29-15-5-2-6-16-29)48-46(47-34)51-40-25-23-32-30-17-7-9-19-36(30)49-38-21-11-12-22-39(38)50-37-20-10-8-18-31(37)33-24-26-41(51)43(45(33)50)42(40)44(32)49/h1-27,34,38-39,46-48H. The Morgan fingerprint density at radius 1 is 0.451 bits per heavy atom. The number of allylic oxidation sites excluding steroid dienone is 4. The van der Waals surface area contributed by atoms with Crippen molar-refractivity contribution >= 4 is 71.1 Å². The molecule has 242 valence electrons. The van der Waals surface area contributed by atoms with Gasteiger partial charge in [-0.05, 0) is 41.5 Å². The average molecular weight is 656 g/mol. The Morgan fingerprint density at radius 2 is 0.980 bits per heavy atom. The fourth-order valence-corrected chi connectivity index (χ4v) is 9.55. The smallest absolute Gasteiger partial charge is 0.160 e. The van der Waals surface area contributed by atoms with Gasteiger partial charge in [0.2, 0.25) is 0 Å². The van der Waals surface area contributed by atoms with Crippen LogP contribution in [0.1, 0.15) is 35.5 Å². The van der Waals surface area contributed by atoms with Gasteiger partial charge in [-0.2, -0.15) is 0 Å². The van der Waals surface area contributed by atoms with Crippen molar-refractivity contribution in [1.82, 2.24) is 24.3 Å². The Kier molecular flexibility index (Phi) is 5.46. The third-order valence-corrected chi connectivity index (χ3v) is 11.6. The predicted molar refractivity (Wildman–Crippen MR) is 211 cm³/mol. The molecule has 12 rings (SSSR count). The lowest BCUT2D eigenvalue weighted by atomic mass is 9.98. The van der Waals surface area contributed by atoms with Gasteiger partial charge < -0.3 is 19.0 Å². The first-order valence-corrected chi connectivity index (χ1v) is 17.9. The first kappa shape index (κ1) is 27.5. The fraction of sp³-hybridized carbons (Fsp3) is 0.0870. The molecule has 0 bridgehead atoms. The Labute approximate surface area is 294 Å². The van der Waals surface area contributed by atoms with Crippen LogP contribution in [0.5, 0.6) is 0 Å². The topological polar surface area (TPSA) is 38.9 Å². The highest BCUT2D eigenvalue weighted by molar-refractivity contribution is 6.32. The summed E-state index contributed by atoms with van der Waals surface area (Å²) in [4.78, 5) is 0. The van der Waals surface area contributed by atoms with Crippen molar-refractivity contribution in [3.8, 4) is 0 Å². The van der Waals surface area contributed by atoms with Gasteiger partial charge in [-0.25, -0.2) is 0 Å². The van der Waals surface area contributed by atoms with Crippen LogP contribution in [-0.2, 0) is 0 Å². The number of nitrogens with zero attached hydrogens (tertiary/aromatic N) is 3. The monoisotopic (exact) mass is 655 g/mol. The summed E-state index contributed by atoms with van der Waals surface area (Å²) in [7, 11) is 0. The molecule has 0 amide bonds. The summed E-state index contributed by atoms with van der Waals surface area (Å²) in [5.74, 6) is 0. The van der Waals surface area contributed by atoms with Gasteiger partial charge >= 0.3 is 0 Å². The Bertz CT molecular complexity index is 2840. The summed E-state index contributed by atoms with van der Waals surface area (Å²) in [5, 5.41) is 15.8. The van der Waals surface area contributed by atoms with E-state index < -0.39 is 0 Å². The molecule has 3 aliphatic rings. The maximum Gasteiger partial charge on any atom is 0.160 e. The number of nitrogens with one attached hydrogen (secondary N) is 2. The van der Waals surface area contributed by atoms with E-state index in [9.17, 15) is 0 Å². The van der Waals surface area contributed by atoms with E-state index in [4.69, 9.17) is 0 Å². The summed E-state index contributed by atoms with van der Waals surface area (Å²) in [6.07, 6.45) is 11.4. The van der Waals surface area contributed by atoms with Gasteiger partial charge in [-0.1, -0.05) is 133 Å². The average Bonchev–Trinajstić information content (AvgIpc) is 3.83. The number of para-hydroxylation sites is 2. The molecule has 0 saturated heterocycles. The molecule has 4 atom stereocenters. The molecule has 4 unspecified atom stereocenters. The van der Waals surface area contributed by atoms with Crippen molar-refractivity contribution in [2.75, 3.05) is 0 Å². The SMILES string of the molecule is C1=CC2C(C=C1)n1c3ccccc3c3ccc4c(c5c(ccc6c7ccccc7n2c65)n4C2NC(c4ccccc4)=CC(c4ccccc4)N2)c31. The predicted octanol–water partition coefficient (Wildman–Crippen LogP) is 10.7. The highest BCUT2D eigenvalue weighted by Gasteiger charge is 2.35. The van der Waals surface area contributed by atoms with Gasteiger partial charge in [0.15, 0.2) is 6.29 Å². The number of fused-ring (bicyclic) bond motifs is 9. The largest absolute Gasteiger partial charge is 0.352 e. The number of hydrogen-bond acceptors (Lipinski definition) is 2. The number of hydrogen-bond donors (Lipinski definition) is 2. The summed E-state index contributed by atoms with van der Waals surface area (Å²) in [6, 6.07) is 49.2. The lowest BCUT2D eigenvalue weighted by Gasteiger charge is -2.34. The molecule has 0 fully saturated rings. The quantitative estimate of drug-likeness (QED) is 0.199. The second kappa shape index (κ2) is 10.1. The van der Waals surface area contributed by atoms with E-state index in [1.54, 1.807) is 0 Å². The minimum absolute atomic E-state index is 0.0133. The van der Waals surface area contributed by atoms with Crippen LogP contribution in [0.2, 0.25) is 0 Å². The minimum Gasteiger partial charge on any atom is -0.352 e. The van der Waals surface area contributed by atoms with Crippen molar-refractivity contribution in [3.63, 3.8) is 0 Å².